The van der Waals surface area contributed by atoms with E-state index in [0.29, 0.717) is 6.07 Å². The van der Waals surface area contributed by atoms with Crippen LogP contribution in [0.2, 0.25) is 0 Å². The molecule has 1 nitrogen and oxygen atoms in total. The lowest BCUT2D eigenvalue weighted by Crippen LogP contribution is -2.36. The van der Waals surface area contributed by atoms with E-state index < -0.39 is 17.6 Å². The third kappa shape index (κ3) is 2.35. The van der Waals surface area contributed by atoms with Crippen LogP contribution in [0, 0.1) is 5.82 Å². The number of hydrogen-bond acceptors (Lipinski definition) is 1. The Balaban J connectivity index is 2.28. The monoisotopic (exact) mass is 233 g/mol. The van der Waals surface area contributed by atoms with Crippen LogP contribution in [0.15, 0.2) is 18.2 Å². The van der Waals surface area contributed by atoms with Crippen molar-refractivity contribution in [3.63, 3.8) is 0 Å². The van der Waals surface area contributed by atoms with Gasteiger partial charge in [0.15, 0.2) is 0 Å². The fourth-order valence-corrected chi connectivity index (χ4v) is 1.73. The highest BCUT2D eigenvalue weighted by Gasteiger charge is 2.34. The summed E-state index contributed by atoms with van der Waals surface area (Å²) >= 11 is 0. The molecule has 0 N–H and O–H groups in total. The quantitative estimate of drug-likeness (QED) is 0.709. The van der Waals surface area contributed by atoms with Crippen LogP contribution in [0.25, 0.3) is 0 Å². The molecule has 1 aromatic rings. The van der Waals surface area contributed by atoms with E-state index in [9.17, 15) is 17.6 Å². The Kier molecular flexibility index (Phi) is 2.88. The Morgan fingerprint density at radius 1 is 1.19 bits per heavy atom. The molecule has 1 saturated heterocycles. The van der Waals surface area contributed by atoms with Gasteiger partial charge in [-0.2, -0.15) is 13.2 Å². The van der Waals surface area contributed by atoms with E-state index in [0.717, 1.165) is 25.6 Å². The minimum atomic E-state index is -4.48. The first-order chi connectivity index (χ1) is 7.47. The molecule has 1 aromatic carbocycles. The van der Waals surface area contributed by atoms with Gasteiger partial charge in [-0.15, -0.1) is 0 Å². The minimum absolute atomic E-state index is 0.147. The van der Waals surface area contributed by atoms with Crippen molar-refractivity contribution in [1.82, 2.24) is 4.90 Å². The number of alkyl halides is 3. The van der Waals surface area contributed by atoms with Gasteiger partial charge in [0.25, 0.3) is 0 Å². The van der Waals surface area contributed by atoms with Gasteiger partial charge >= 0.3 is 6.18 Å². The number of halogens is 4. The highest BCUT2D eigenvalue weighted by molar-refractivity contribution is 5.30. The molecule has 1 aliphatic rings. The smallest absolute Gasteiger partial charge is 0.299 e. The molecule has 0 atom stereocenters. The number of nitrogens with zero attached hydrogens (tertiary/aromatic N) is 1. The maximum absolute atomic E-state index is 12.8. The van der Waals surface area contributed by atoms with Crippen molar-refractivity contribution in [2.45, 2.75) is 19.1 Å². The summed E-state index contributed by atoms with van der Waals surface area (Å²) in [5.74, 6) is -0.848. The molecule has 1 fully saturated rings. The SMILES string of the molecule is Fc1ccc(CN2CCC2)c(C(F)(F)F)c1. The summed E-state index contributed by atoms with van der Waals surface area (Å²) in [4.78, 5) is 1.91. The van der Waals surface area contributed by atoms with Crippen LogP contribution in [0.1, 0.15) is 17.5 Å². The Bertz CT molecular complexity index is 382. The van der Waals surface area contributed by atoms with Gasteiger partial charge in [-0.3, -0.25) is 4.90 Å². The molecule has 1 heterocycles. The zero-order valence-corrected chi connectivity index (χ0v) is 8.52. The summed E-state index contributed by atoms with van der Waals surface area (Å²) in [5.41, 5.74) is -0.715. The van der Waals surface area contributed by atoms with Crippen molar-refractivity contribution >= 4 is 0 Å². The Hall–Kier alpha value is -1.10. The van der Waals surface area contributed by atoms with Crippen LogP contribution in [0.3, 0.4) is 0 Å². The molecular formula is C11H11F4N. The molecule has 0 aromatic heterocycles. The molecule has 0 bridgehead atoms. The second-order valence-corrected chi connectivity index (χ2v) is 3.93. The van der Waals surface area contributed by atoms with Gasteiger partial charge in [-0.25, -0.2) is 4.39 Å². The summed E-state index contributed by atoms with van der Waals surface area (Å²) in [5, 5.41) is 0. The van der Waals surface area contributed by atoms with Crippen molar-refractivity contribution in [2.75, 3.05) is 13.1 Å². The second kappa shape index (κ2) is 4.05. The van der Waals surface area contributed by atoms with Crippen molar-refractivity contribution < 1.29 is 17.6 Å². The van der Waals surface area contributed by atoms with E-state index >= 15 is 0 Å². The molecule has 0 amide bonds. The van der Waals surface area contributed by atoms with Gasteiger partial charge in [0.1, 0.15) is 5.82 Å². The third-order valence-corrected chi connectivity index (χ3v) is 2.72. The Morgan fingerprint density at radius 2 is 1.88 bits per heavy atom. The predicted molar refractivity (Wildman–Crippen MR) is 51.3 cm³/mol. The average Bonchev–Trinajstić information content (AvgIpc) is 2.11. The van der Waals surface area contributed by atoms with Crippen LogP contribution in [0.5, 0.6) is 0 Å². The highest BCUT2D eigenvalue weighted by Crippen LogP contribution is 2.33. The Morgan fingerprint density at radius 3 is 2.38 bits per heavy atom. The molecule has 88 valence electrons. The van der Waals surface area contributed by atoms with E-state index in [4.69, 9.17) is 0 Å². The molecule has 1 aliphatic heterocycles. The topological polar surface area (TPSA) is 3.24 Å². The fourth-order valence-electron chi connectivity index (χ4n) is 1.73. The van der Waals surface area contributed by atoms with Crippen LogP contribution < -0.4 is 0 Å². The molecule has 0 aliphatic carbocycles. The van der Waals surface area contributed by atoms with Crippen LogP contribution >= 0.6 is 0 Å². The molecule has 0 spiro atoms. The van der Waals surface area contributed by atoms with E-state index in [1.54, 1.807) is 0 Å². The first kappa shape index (κ1) is 11.4. The van der Waals surface area contributed by atoms with Crippen LogP contribution in [-0.4, -0.2) is 18.0 Å². The van der Waals surface area contributed by atoms with Gasteiger partial charge in [0.2, 0.25) is 0 Å². The van der Waals surface area contributed by atoms with E-state index in [1.807, 2.05) is 4.90 Å². The fraction of sp³-hybridized carbons (Fsp3) is 0.455. The first-order valence-corrected chi connectivity index (χ1v) is 5.05. The molecule has 0 saturated carbocycles. The number of hydrogen-bond donors (Lipinski definition) is 0. The minimum Gasteiger partial charge on any atom is -0.299 e. The molecule has 0 unspecified atom stereocenters. The molecular weight excluding hydrogens is 222 g/mol. The standard InChI is InChI=1S/C11H11F4N/c12-9-3-2-8(7-16-4-1-5-16)10(6-9)11(13,14)15/h2-3,6H,1,4-5,7H2. The number of likely N-dealkylation sites (tertiary alicyclic amines) is 1. The van der Waals surface area contributed by atoms with Crippen molar-refractivity contribution in [1.29, 1.82) is 0 Å². The van der Waals surface area contributed by atoms with Crippen molar-refractivity contribution in [3.8, 4) is 0 Å². The largest absolute Gasteiger partial charge is 0.416 e. The van der Waals surface area contributed by atoms with Gasteiger partial charge in [-0.1, -0.05) is 6.07 Å². The zero-order valence-electron chi connectivity index (χ0n) is 8.52. The van der Waals surface area contributed by atoms with Crippen molar-refractivity contribution in [3.05, 3.63) is 35.1 Å². The van der Waals surface area contributed by atoms with Gasteiger partial charge in [-0.05, 0) is 37.2 Å². The normalized spacial score (nSPS) is 17.2. The molecule has 5 heteroatoms. The molecule has 16 heavy (non-hydrogen) atoms. The molecule has 2 rings (SSSR count). The molecule has 0 radical (unpaired) electrons. The van der Waals surface area contributed by atoms with Crippen LogP contribution in [-0.2, 0) is 12.7 Å². The van der Waals surface area contributed by atoms with Gasteiger partial charge in [0, 0.05) is 6.54 Å². The number of benzene rings is 1. The lowest BCUT2D eigenvalue weighted by Gasteiger charge is -2.31. The van der Waals surface area contributed by atoms with E-state index in [1.165, 1.54) is 6.07 Å². The lowest BCUT2D eigenvalue weighted by molar-refractivity contribution is -0.138. The summed E-state index contributed by atoms with van der Waals surface area (Å²) in [6.07, 6.45) is -3.47. The predicted octanol–water partition coefficient (Wildman–Crippen LogP) is 3.05. The van der Waals surface area contributed by atoms with Crippen molar-refractivity contribution in [2.24, 2.45) is 0 Å². The van der Waals surface area contributed by atoms with E-state index in [2.05, 4.69) is 0 Å². The summed E-state index contributed by atoms with van der Waals surface area (Å²) in [7, 11) is 0. The number of rotatable bonds is 2. The van der Waals surface area contributed by atoms with Gasteiger partial charge in [0.05, 0.1) is 5.56 Å². The summed E-state index contributed by atoms with van der Waals surface area (Å²) < 4.78 is 50.6. The van der Waals surface area contributed by atoms with Gasteiger partial charge < -0.3 is 0 Å². The maximum Gasteiger partial charge on any atom is 0.416 e. The third-order valence-electron chi connectivity index (χ3n) is 2.72. The maximum atomic E-state index is 12.8. The summed E-state index contributed by atoms with van der Waals surface area (Å²) in [6, 6.07) is 2.86. The van der Waals surface area contributed by atoms with E-state index in [-0.39, 0.29) is 12.1 Å². The van der Waals surface area contributed by atoms with Crippen LogP contribution in [0.4, 0.5) is 17.6 Å². The zero-order chi connectivity index (χ0) is 11.8. The first-order valence-electron chi connectivity index (χ1n) is 5.05. The lowest BCUT2D eigenvalue weighted by atomic mass is 10.0. The second-order valence-electron chi connectivity index (χ2n) is 3.93. The highest BCUT2D eigenvalue weighted by atomic mass is 19.4. The Labute approximate surface area is 90.7 Å². The summed E-state index contributed by atoms with van der Waals surface area (Å²) in [6.45, 7) is 1.87. The average molecular weight is 233 g/mol.